The van der Waals surface area contributed by atoms with Crippen molar-refractivity contribution in [3.63, 3.8) is 0 Å². The first-order valence-electron chi connectivity index (χ1n) is 11.3. The number of nitrogens with one attached hydrogen (secondary N) is 3. The van der Waals surface area contributed by atoms with Gasteiger partial charge in [0.25, 0.3) is 0 Å². The summed E-state index contributed by atoms with van der Waals surface area (Å²) in [5.74, 6) is 0.185. The van der Waals surface area contributed by atoms with E-state index in [0.29, 0.717) is 17.8 Å². The fraction of sp³-hybridized carbons (Fsp3) is 0.192. The molecule has 0 saturated carbocycles. The van der Waals surface area contributed by atoms with Crippen molar-refractivity contribution in [1.29, 1.82) is 0 Å². The third-order valence-electron chi connectivity index (χ3n) is 6.10. The lowest BCUT2D eigenvalue weighted by Gasteiger charge is -2.32. The topological polar surface area (TPSA) is 127 Å². The van der Waals surface area contributed by atoms with E-state index < -0.39 is 16.0 Å². The van der Waals surface area contributed by atoms with Crippen molar-refractivity contribution < 1.29 is 18.7 Å². The molecule has 0 radical (unpaired) electrons. The van der Waals surface area contributed by atoms with Gasteiger partial charge < -0.3 is 10.3 Å². The fourth-order valence-corrected chi connectivity index (χ4v) is 5.84. The van der Waals surface area contributed by atoms with Crippen LogP contribution in [0, 0.1) is 0 Å². The van der Waals surface area contributed by atoms with E-state index in [2.05, 4.69) is 15.0 Å². The standard InChI is InChI=1S/C26H26N4O4S/c31-24(15-17-6-2-1-3-7-17)27-22(26-28-20-8-4-5-9-21(20)29-26)14-18-10-12-19(13-11-18)23-16-25(32)30-35(23,33)34/h1-13,22-23,33-34H,14-16H2,(H,27,31)(H,28,29)(H,30,32)/t22-,23?/m0/s1. The van der Waals surface area contributed by atoms with Crippen LogP contribution in [0.2, 0.25) is 0 Å². The van der Waals surface area contributed by atoms with Crippen LogP contribution < -0.4 is 10.0 Å². The van der Waals surface area contributed by atoms with E-state index in [4.69, 9.17) is 4.98 Å². The van der Waals surface area contributed by atoms with Gasteiger partial charge in [0.2, 0.25) is 11.8 Å². The van der Waals surface area contributed by atoms with Gasteiger partial charge in [-0.2, -0.15) is 0 Å². The highest BCUT2D eigenvalue weighted by Crippen LogP contribution is 2.56. The lowest BCUT2D eigenvalue weighted by atomic mass is 10.0. The monoisotopic (exact) mass is 490 g/mol. The number of carbonyl (C=O) groups is 2. The highest BCUT2D eigenvalue weighted by molar-refractivity contribution is 8.23. The number of rotatable bonds is 7. The van der Waals surface area contributed by atoms with Crippen LogP contribution in [-0.2, 0) is 22.4 Å². The Hall–Kier alpha value is -3.66. The molecule has 1 aromatic heterocycles. The summed E-state index contributed by atoms with van der Waals surface area (Å²) >= 11 is 0. The van der Waals surface area contributed by atoms with E-state index in [9.17, 15) is 18.7 Å². The molecule has 5 rings (SSSR count). The summed E-state index contributed by atoms with van der Waals surface area (Å²) < 4.78 is 22.6. The van der Waals surface area contributed by atoms with Gasteiger partial charge in [-0.15, -0.1) is 10.8 Å². The maximum Gasteiger partial charge on any atom is 0.240 e. The number of para-hydroxylation sites is 2. The molecule has 35 heavy (non-hydrogen) atoms. The van der Waals surface area contributed by atoms with E-state index >= 15 is 0 Å². The second kappa shape index (κ2) is 9.53. The fourth-order valence-electron chi connectivity index (χ4n) is 4.36. The summed E-state index contributed by atoms with van der Waals surface area (Å²) in [5, 5.41) is 2.45. The molecule has 5 N–H and O–H groups in total. The summed E-state index contributed by atoms with van der Waals surface area (Å²) in [5.41, 5.74) is 4.26. The minimum absolute atomic E-state index is 0.0405. The normalized spacial score (nSPS) is 18.7. The molecule has 0 aliphatic carbocycles. The Balaban J connectivity index is 1.37. The average Bonchev–Trinajstić information content (AvgIpc) is 3.39. The van der Waals surface area contributed by atoms with Gasteiger partial charge in [0.05, 0.1) is 29.9 Å². The minimum Gasteiger partial charge on any atom is -0.346 e. The lowest BCUT2D eigenvalue weighted by molar-refractivity contribution is -0.121. The molecule has 1 aliphatic rings. The number of aromatic amines is 1. The highest BCUT2D eigenvalue weighted by atomic mass is 32.3. The Kier molecular flexibility index (Phi) is 6.29. The highest BCUT2D eigenvalue weighted by Gasteiger charge is 2.37. The van der Waals surface area contributed by atoms with Crippen LogP contribution in [0.25, 0.3) is 11.0 Å². The van der Waals surface area contributed by atoms with Crippen LogP contribution in [0.5, 0.6) is 0 Å². The summed E-state index contributed by atoms with van der Waals surface area (Å²) in [7, 11) is -3.20. The van der Waals surface area contributed by atoms with Crippen LogP contribution in [0.15, 0.2) is 78.9 Å². The van der Waals surface area contributed by atoms with Crippen LogP contribution in [0.3, 0.4) is 0 Å². The maximum absolute atomic E-state index is 12.9. The predicted octanol–water partition coefficient (Wildman–Crippen LogP) is 4.43. The van der Waals surface area contributed by atoms with Crippen molar-refractivity contribution in [2.24, 2.45) is 0 Å². The first-order chi connectivity index (χ1) is 16.9. The Labute approximate surface area is 204 Å². The van der Waals surface area contributed by atoms with Gasteiger partial charge in [-0.05, 0) is 35.2 Å². The minimum atomic E-state index is -3.20. The number of imidazole rings is 1. The number of benzene rings is 3. The van der Waals surface area contributed by atoms with E-state index in [1.807, 2.05) is 66.7 Å². The maximum atomic E-state index is 12.9. The zero-order valence-corrected chi connectivity index (χ0v) is 19.7. The number of aromatic nitrogens is 2. The molecule has 2 amide bonds. The first-order valence-corrected chi connectivity index (χ1v) is 12.9. The van der Waals surface area contributed by atoms with Crippen molar-refractivity contribution in [1.82, 2.24) is 20.0 Å². The van der Waals surface area contributed by atoms with Gasteiger partial charge >= 0.3 is 0 Å². The van der Waals surface area contributed by atoms with Gasteiger partial charge in [-0.25, -0.2) is 4.98 Å². The number of hydrogen-bond donors (Lipinski definition) is 5. The smallest absolute Gasteiger partial charge is 0.240 e. The van der Waals surface area contributed by atoms with E-state index in [0.717, 1.165) is 22.2 Å². The molecule has 3 aromatic carbocycles. The number of H-pyrrole nitrogens is 1. The molecule has 1 saturated heterocycles. The Morgan fingerprint density at radius 2 is 1.71 bits per heavy atom. The van der Waals surface area contributed by atoms with Gasteiger partial charge in [-0.1, -0.05) is 66.7 Å². The van der Waals surface area contributed by atoms with Crippen molar-refractivity contribution in [3.05, 3.63) is 101 Å². The number of fused-ring (bicyclic) bond motifs is 1. The molecule has 1 unspecified atom stereocenters. The van der Waals surface area contributed by atoms with Crippen LogP contribution in [-0.4, -0.2) is 30.9 Å². The summed E-state index contributed by atoms with van der Waals surface area (Å²) in [4.78, 5) is 32.6. The Bertz CT molecular complexity index is 1320. The molecule has 1 fully saturated rings. The molecule has 8 nitrogen and oxygen atoms in total. The van der Waals surface area contributed by atoms with E-state index in [-0.39, 0.29) is 30.7 Å². The largest absolute Gasteiger partial charge is 0.346 e. The van der Waals surface area contributed by atoms with Crippen molar-refractivity contribution in [2.75, 3.05) is 0 Å². The van der Waals surface area contributed by atoms with Gasteiger partial charge in [0.15, 0.2) is 0 Å². The second-order valence-corrected chi connectivity index (χ2v) is 10.6. The molecule has 2 heterocycles. The van der Waals surface area contributed by atoms with Crippen molar-refractivity contribution >= 4 is 33.6 Å². The molecule has 4 aromatic rings. The molecular formula is C26H26N4O4S. The van der Waals surface area contributed by atoms with Crippen LogP contribution in [0.4, 0.5) is 0 Å². The summed E-state index contributed by atoms with van der Waals surface area (Å²) in [6.07, 6.45) is 0.786. The van der Waals surface area contributed by atoms with Crippen LogP contribution in [0.1, 0.15) is 40.2 Å². The molecule has 2 atom stereocenters. The van der Waals surface area contributed by atoms with E-state index in [1.54, 1.807) is 12.1 Å². The number of hydrogen-bond acceptors (Lipinski definition) is 5. The zero-order valence-electron chi connectivity index (χ0n) is 18.8. The Morgan fingerprint density at radius 3 is 2.40 bits per heavy atom. The molecule has 0 bridgehead atoms. The number of amides is 2. The Morgan fingerprint density at radius 1 is 1.00 bits per heavy atom. The van der Waals surface area contributed by atoms with E-state index in [1.165, 1.54) is 0 Å². The average molecular weight is 491 g/mol. The number of nitrogens with zero attached hydrogens (tertiary/aromatic N) is 1. The quantitative estimate of drug-likeness (QED) is 0.262. The SMILES string of the molecule is O=C(Cc1ccccc1)N[C@@H](Cc1ccc(C2CC(=O)NS2(O)O)cc1)c1nc2ccccc2[nH]1. The molecular weight excluding hydrogens is 464 g/mol. The van der Waals surface area contributed by atoms with Crippen LogP contribution >= 0.6 is 10.8 Å². The predicted molar refractivity (Wildman–Crippen MR) is 136 cm³/mol. The van der Waals surface area contributed by atoms with Gasteiger partial charge in [0.1, 0.15) is 11.1 Å². The molecule has 1 aliphatic heterocycles. The third-order valence-corrected chi connectivity index (χ3v) is 7.86. The molecule has 9 heteroatoms. The van der Waals surface area contributed by atoms with Gasteiger partial charge in [-0.3, -0.25) is 23.4 Å². The van der Waals surface area contributed by atoms with Crippen molar-refractivity contribution in [2.45, 2.75) is 30.6 Å². The van der Waals surface area contributed by atoms with Crippen molar-refractivity contribution in [3.8, 4) is 0 Å². The lowest BCUT2D eigenvalue weighted by Crippen LogP contribution is -2.32. The zero-order chi connectivity index (χ0) is 24.4. The second-order valence-electron chi connectivity index (χ2n) is 8.68. The number of carbonyl (C=O) groups excluding carboxylic acids is 2. The first kappa shape index (κ1) is 23.1. The molecule has 0 spiro atoms. The third kappa shape index (κ3) is 5.22. The summed E-state index contributed by atoms with van der Waals surface area (Å²) in [6.45, 7) is 0. The summed E-state index contributed by atoms with van der Waals surface area (Å²) in [6, 6.07) is 24.3. The van der Waals surface area contributed by atoms with Gasteiger partial charge in [0, 0.05) is 0 Å². The molecule has 180 valence electrons.